The maximum Gasteiger partial charge on any atom is 0.404 e. The van der Waals surface area contributed by atoms with Crippen molar-refractivity contribution in [3.8, 4) is 0 Å². The highest BCUT2D eigenvalue weighted by Crippen LogP contribution is 2.42. The molecule has 236 valence electrons. The van der Waals surface area contributed by atoms with Crippen molar-refractivity contribution in [1.82, 2.24) is 0 Å². The number of carbonyl (C=O) groups is 1. The van der Waals surface area contributed by atoms with Gasteiger partial charge in [-0.15, -0.1) is 0 Å². The molecule has 0 aliphatic rings. The van der Waals surface area contributed by atoms with Crippen LogP contribution in [0.5, 0.6) is 0 Å². The fourth-order valence-corrected chi connectivity index (χ4v) is 1.72. The third kappa shape index (κ3) is 50.8. The van der Waals surface area contributed by atoms with E-state index in [1.54, 1.807) is 0 Å². The maximum atomic E-state index is 12.6. The second-order valence-electron chi connectivity index (χ2n) is 8.73. The summed E-state index contributed by atoms with van der Waals surface area (Å²) in [4.78, 5) is 11.4. The smallest absolute Gasteiger partial charge is 0.404 e. The van der Waals surface area contributed by atoms with Crippen LogP contribution in [0.1, 0.15) is 76.2 Å². The molecule has 0 spiro atoms. The summed E-state index contributed by atoms with van der Waals surface area (Å²) < 4.78 is 42.6. The number of rotatable bonds is 4. The van der Waals surface area contributed by atoms with Gasteiger partial charge in [0.25, 0.3) is 0 Å². The fourth-order valence-electron chi connectivity index (χ4n) is 1.14. The molecule has 0 aromatic heterocycles. The third-order valence-electron chi connectivity index (χ3n) is 3.58. The van der Waals surface area contributed by atoms with Crippen LogP contribution < -0.4 is 0 Å². The van der Waals surface area contributed by atoms with Gasteiger partial charge in [-0.3, -0.25) is 4.79 Å². The zero-order valence-electron chi connectivity index (χ0n) is 24.8. The Morgan fingerprint density at radius 1 is 0.750 bits per heavy atom. The number of hydrogen-bond acceptors (Lipinski definition) is 2. The Balaban J connectivity index is -0.0000000282. The monoisotopic (exact) mass is 612 g/mol. The zero-order valence-corrected chi connectivity index (χ0v) is 30.4. The lowest BCUT2D eigenvalue weighted by Gasteiger charge is -2.32. The van der Waals surface area contributed by atoms with Crippen molar-refractivity contribution in [3.05, 3.63) is 0 Å². The van der Waals surface area contributed by atoms with Gasteiger partial charge in [0.1, 0.15) is 5.60 Å². The number of ether oxygens (including phenoxy) is 1. The topological polar surface area (TPSA) is 152 Å². The molecule has 0 aromatic rings. The molecular formula is C23H71F3O6Si4. The van der Waals surface area contributed by atoms with E-state index in [9.17, 15) is 18.0 Å². The summed E-state index contributed by atoms with van der Waals surface area (Å²) in [7, 11) is 1.59. The fraction of sp³-hybridized carbons (Fsp3) is 0.957. The molecule has 6 nitrogen and oxygen atoms in total. The minimum absolute atomic E-state index is 0. The van der Waals surface area contributed by atoms with E-state index in [1.807, 2.05) is 0 Å². The lowest BCUT2D eigenvalue weighted by atomic mass is 9.86. The summed E-state index contributed by atoms with van der Waals surface area (Å²) in [5.74, 6) is -1.22. The average molecular weight is 613 g/mol. The van der Waals surface area contributed by atoms with Crippen molar-refractivity contribution in [2.75, 3.05) is 0 Å². The first-order valence-electron chi connectivity index (χ1n) is 11.8. The van der Waals surface area contributed by atoms with Crippen LogP contribution in [0.25, 0.3) is 0 Å². The quantitative estimate of drug-likeness (QED) is 0.353. The Kier molecular flexibility index (Phi) is 82.4. The first-order valence-corrected chi connectivity index (χ1v) is 22.5. The molecule has 0 rings (SSSR count). The number of halogens is 3. The summed E-state index contributed by atoms with van der Waals surface area (Å²) >= 11 is 0. The van der Waals surface area contributed by atoms with E-state index in [0.29, 0.717) is 38.1 Å². The van der Waals surface area contributed by atoms with Crippen LogP contribution in [-0.2, 0) is 9.53 Å². The van der Waals surface area contributed by atoms with Gasteiger partial charge in [0, 0.05) is 38.1 Å². The van der Waals surface area contributed by atoms with Crippen molar-refractivity contribution in [3.63, 3.8) is 0 Å². The van der Waals surface area contributed by atoms with Crippen molar-refractivity contribution in [2.24, 2.45) is 5.41 Å². The van der Waals surface area contributed by atoms with Gasteiger partial charge in [0.2, 0.25) is 0 Å². The molecule has 8 N–H and O–H groups in total. The van der Waals surface area contributed by atoms with Gasteiger partial charge in [0.15, 0.2) is 5.41 Å². The van der Waals surface area contributed by atoms with E-state index in [2.05, 4.69) is 59.7 Å². The van der Waals surface area contributed by atoms with Gasteiger partial charge >= 0.3 is 12.1 Å². The summed E-state index contributed by atoms with van der Waals surface area (Å²) in [5.41, 5.74) is -2.25. The van der Waals surface area contributed by atoms with E-state index < -0.39 is 23.2 Å². The van der Waals surface area contributed by atoms with Crippen LogP contribution in [0.2, 0.25) is 51.4 Å². The zero-order chi connectivity index (χ0) is 25.6. The van der Waals surface area contributed by atoms with Crippen molar-refractivity contribution < 1.29 is 44.6 Å². The van der Waals surface area contributed by atoms with Gasteiger partial charge in [-0.2, -0.15) is 13.2 Å². The molecule has 0 amide bonds. The van der Waals surface area contributed by atoms with Gasteiger partial charge in [-0.1, -0.05) is 93.4 Å². The molecule has 0 heterocycles. The lowest BCUT2D eigenvalue weighted by molar-refractivity contribution is -0.236. The molecule has 0 aromatic carbocycles. The van der Waals surface area contributed by atoms with Gasteiger partial charge in [-0.25, -0.2) is 0 Å². The SMILES string of the molecule is C.C.CCC(C)(C(=O)OC(C)(C)C)C(F)(F)F.CCC(C)[SiH2]C.C[SiH2]C.C[SiH2]C.C[SiH2]C.O.O.O.O. The lowest BCUT2D eigenvalue weighted by Crippen LogP contribution is -2.45. The molecule has 0 bridgehead atoms. The first kappa shape index (κ1) is 70.5. The third-order valence-corrected chi connectivity index (χ3v) is 5.55. The molecular weight excluding hydrogens is 542 g/mol. The summed E-state index contributed by atoms with van der Waals surface area (Å²) in [6, 6.07) is 0. The van der Waals surface area contributed by atoms with Crippen LogP contribution in [0, 0.1) is 5.41 Å². The van der Waals surface area contributed by atoms with E-state index in [0.717, 1.165) is 12.5 Å². The van der Waals surface area contributed by atoms with Gasteiger partial charge in [-0.05, 0) is 34.1 Å². The number of esters is 1. The Bertz CT molecular complexity index is 368. The van der Waals surface area contributed by atoms with Gasteiger partial charge < -0.3 is 26.6 Å². The number of alkyl halides is 3. The van der Waals surface area contributed by atoms with E-state index in [-0.39, 0.29) is 43.2 Å². The van der Waals surface area contributed by atoms with E-state index >= 15 is 0 Å². The predicted molar refractivity (Wildman–Crippen MR) is 173 cm³/mol. The van der Waals surface area contributed by atoms with Crippen molar-refractivity contribution in [2.45, 2.75) is 139 Å². The number of hydrogen-bond donors (Lipinski definition) is 0. The molecule has 0 saturated heterocycles. The normalized spacial score (nSPS) is 11.4. The highest BCUT2D eigenvalue weighted by Gasteiger charge is 2.57. The molecule has 0 aliphatic carbocycles. The Morgan fingerprint density at radius 2 is 1.00 bits per heavy atom. The van der Waals surface area contributed by atoms with Crippen LogP contribution >= 0.6 is 0 Å². The number of carbonyl (C=O) groups excluding carboxylic acids is 1. The molecule has 2 atom stereocenters. The second-order valence-corrected chi connectivity index (χ2v) is 15.2. The minimum atomic E-state index is -4.58. The highest BCUT2D eigenvalue weighted by molar-refractivity contribution is 6.35. The Morgan fingerprint density at radius 3 is 1.08 bits per heavy atom. The largest absolute Gasteiger partial charge is 0.459 e. The van der Waals surface area contributed by atoms with Crippen LogP contribution in [-0.4, -0.2) is 77.7 Å². The standard InChI is InChI=1S/C10H17F3O2.C5H14Si.3C2H8Si.2CH4.4H2O/c1-6-9(5,10(11,12)13)7(14)15-8(2,3)4;1-4-5(2)6-3;3*1-3-2;;;;;;/h6H2,1-5H3;5H,4,6H2,1-3H3;3*3H2,1-2H3;2*1H4;4*1H2. The molecule has 36 heavy (non-hydrogen) atoms. The molecule has 13 heteroatoms. The van der Waals surface area contributed by atoms with Gasteiger partial charge in [0.05, 0.1) is 0 Å². The second kappa shape index (κ2) is 42.1. The summed E-state index contributed by atoms with van der Waals surface area (Å²) in [6.07, 6.45) is -3.52. The van der Waals surface area contributed by atoms with Crippen LogP contribution in [0.4, 0.5) is 13.2 Å². The predicted octanol–water partition coefficient (Wildman–Crippen LogP) is 3.46. The molecule has 0 aliphatic heterocycles. The Hall–Kier alpha value is -0.0325. The minimum Gasteiger partial charge on any atom is -0.459 e. The van der Waals surface area contributed by atoms with E-state index in [4.69, 9.17) is 4.74 Å². The first-order chi connectivity index (χ1) is 13.5. The molecule has 0 saturated carbocycles. The summed E-state index contributed by atoms with van der Waals surface area (Å²) in [5, 5.41) is 0. The highest BCUT2D eigenvalue weighted by atomic mass is 28.2. The average Bonchev–Trinajstić information content (AvgIpc) is 2.60. The van der Waals surface area contributed by atoms with Crippen LogP contribution in [0.15, 0.2) is 0 Å². The molecule has 0 radical (unpaired) electrons. The summed E-state index contributed by atoms with van der Waals surface area (Å²) in [6.45, 7) is 27.4. The van der Waals surface area contributed by atoms with Crippen molar-refractivity contribution in [1.29, 1.82) is 0 Å². The molecule has 2 unspecified atom stereocenters. The van der Waals surface area contributed by atoms with Crippen molar-refractivity contribution >= 4 is 44.0 Å². The molecule has 0 fully saturated rings. The van der Waals surface area contributed by atoms with Crippen LogP contribution in [0.3, 0.4) is 0 Å². The van der Waals surface area contributed by atoms with E-state index in [1.165, 1.54) is 34.1 Å². The maximum absolute atomic E-state index is 12.6. The Labute approximate surface area is 233 Å².